The van der Waals surface area contributed by atoms with Crippen molar-refractivity contribution in [2.24, 2.45) is 0 Å². The molecule has 1 heterocycles. The number of aromatic amines is 1. The third-order valence-electron chi connectivity index (χ3n) is 3.69. The Morgan fingerprint density at radius 2 is 1.92 bits per heavy atom. The highest BCUT2D eigenvalue weighted by molar-refractivity contribution is 5.91. The number of hydrogen-bond donors (Lipinski definition) is 2. The molecule has 6 nitrogen and oxygen atoms in total. The van der Waals surface area contributed by atoms with Crippen molar-refractivity contribution in [3.8, 4) is 11.5 Å². The van der Waals surface area contributed by atoms with E-state index in [2.05, 4.69) is 15.3 Å². The third-order valence-corrected chi connectivity index (χ3v) is 3.69. The Balaban J connectivity index is 1.61. The van der Waals surface area contributed by atoms with Crippen molar-refractivity contribution in [2.75, 3.05) is 19.5 Å². The zero-order chi connectivity index (χ0) is 16.9. The second-order valence-corrected chi connectivity index (χ2v) is 5.32. The van der Waals surface area contributed by atoms with Crippen molar-refractivity contribution in [1.29, 1.82) is 0 Å². The number of hydrogen-bond acceptors (Lipinski definition) is 4. The molecule has 0 bridgehead atoms. The van der Waals surface area contributed by atoms with E-state index in [1.807, 2.05) is 24.3 Å². The fraction of sp³-hybridized carbons (Fsp3) is 0.222. The molecule has 0 aliphatic heterocycles. The maximum atomic E-state index is 12.1. The Morgan fingerprint density at radius 1 is 1.12 bits per heavy atom. The monoisotopic (exact) mass is 325 g/mol. The standard InChI is InChI=1S/C18H19N3O3/c1-23-15-8-7-12(11-16(15)24-2)19-18(22)10-9-17-20-13-5-3-4-6-14(13)21-17/h3-8,11H,9-10H2,1-2H3,(H,19,22)(H,20,21). The molecule has 0 saturated heterocycles. The molecule has 0 radical (unpaired) electrons. The molecule has 2 aromatic carbocycles. The summed E-state index contributed by atoms with van der Waals surface area (Å²) in [6.45, 7) is 0. The summed E-state index contributed by atoms with van der Waals surface area (Å²) in [5.74, 6) is 1.92. The van der Waals surface area contributed by atoms with Crippen LogP contribution in [0.4, 0.5) is 5.69 Å². The number of aromatic nitrogens is 2. The Labute approximate surface area is 139 Å². The zero-order valence-electron chi connectivity index (χ0n) is 13.6. The Hall–Kier alpha value is -3.02. The summed E-state index contributed by atoms with van der Waals surface area (Å²) in [5.41, 5.74) is 2.56. The average molecular weight is 325 g/mol. The number of rotatable bonds is 6. The van der Waals surface area contributed by atoms with E-state index in [4.69, 9.17) is 9.47 Å². The number of amides is 1. The average Bonchev–Trinajstić information content (AvgIpc) is 3.03. The molecule has 0 saturated carbocycles. The molecule has 0 aliphatic carbocycles. The van der Waals surface area contributed by atoms with E-state index in [1.54, 1.807) is 32.4 Å². The molecule has 1 amide bonds. The second-order valence-electron chi connectivity index (χ2n) is 5.32. The highest BCUT2D eigenvalue weighted by Crippen LogP contribution is 2.29. The first kappa shape index (κ1) is 15.9. The van der Waals surface area contributed by atoms with Gasteiger partial charge in [0.05, 0.1) is 25.3 Å². The molecule has 0 spiro atoms. The van der Waals surface area contributed by atoms with Gasteiger partial charge in [0.25, 0.3) is 0 Å². The van der Waals surface area contributed by atoms with Crippen LogP contribution in [0.1, 0.15) is 12.2 Å². The first-order chi connectivity index (χ1) is 11.7. The molecule has 24 heavy (non-hydrogen) atoms. The SMILES string of the molecule is COc1ccc(NC(=O)CCc2nc3ccccc3[nH]2)cc1OC. The molecule has 124 valence electrons. The van der Waals surface area contributed by atoms with E-state index >= 15 is 0 Å². The number of nitrogens with one attached hydrogen (secondary N) is 2. The van der Waals surface area contributed by atoms with Crippen LogP contribution in [0.5, 0.6) is 11.5 Å². The minimum Gasteiger partial charge on any atom is -0.493 e. The Bertz CT molecular complexity index is 825. The summed E-state index contributed by atoms with van der Waals surface area (Å²) >= 11 is 0. The number of H-pyrrole nitrogens is 1. The number of para-hydroxylation sites is 2. The number of carbonyl (C=O) groups excluding carboxylic acids is 1. The van der Waals surface area contributed by atoms with Crippen LogP contribution in [0.25, 0.3) is 11.0 Å². The third kappa shape index (κ3) is 3.48. The van der Waals surface area contributed by atoms with E-state index in [1.165, 1.54) is 0 Å². The van der Waals surface area contributed by atoms with E-state index in [9.17, 15) is 4.79 Å². The van der Waals surface area contributed by atoms with Gasteiger partial charge in [0.2, 0.25) is 5.91 Å². The quantitative estimate of drug-likeness (QED) is 0.730. The minimum atomic E-state index is -0.0809. The summed E-state index contributed by atoms with van der Waals surface area (Å²) in [7, 11) is 3.13. The van der Waals surface area contributed by atoms with Crippen molar-refractivity contribution < 1.29 is 14.3 Å². The van der Waals surface area contributed by atoms with Crippen molar-refractivity contribution in [1.82, 2.24) is 9.97 Å². The zero-order valence-corrected chi connectivity index (χ0v) is 13.6. The van der Waals surface area contributed by atoms with Gasteiger partial charge in [0.1, 0.15) is 5.82 Å². The number of anilines is 1. The van der Waals surface area contributed by atoms with E-state index in [0.717, 1.165) is 16.9 Å². The summed E-state index contributed by atoms with van der Waals surface area (Å²) < 4.78 is 10.4. The Kier molecular flexibility index (Phi) is 4.65. The van der Waals surface area contributed by atoms with Gasteiger partial charge in [-0.05, 0) is 24.3 Å². The maximum Gasteiger partial charge on any atom is 0.224 e. The molecule has 0 fully saturated rings. The van der Waals surface area contributed by atoms with E-state index in [-0.39, 0.29) is 5.91 Å². The van der Waals surface area contributed by atoms with Crippen molar-refractivity contribution >= 4 is 22.6 Å². The number of aryl methyl sites for hydroxylation is 1. The highest BCUT2D eigenvalue weighted by atomic mass is 16.5. The lowest BCUT2D eigenvalue weighted by molar-refractivity contribution is -0.116. The van der Waals surface area contributed by atoms with Gasteiger partial charge in [-0.15, -0.1) is 0 Å². The summed E-state index contributed by atoms with van der Waals surface area (Å²) in [4.78, 5) is 19.8. The van der Waals surface area contributed by atoms with Crippen LogP contribution in [-0.4, -0.2) is 30.1 Å². The topological polar surface area (TPSA) is 76.2 Å². The van der Waals surface area contributed by atoms with Crippen LogP contribution in [0.3, 0.4) is 0 Å². The first-order valence-corrected chi connectivity index (χ1v) is 7.65. The smallest absolute Gasteiger partial charge is 0.224 e. The molecule has 0 atom stereocenters. The lowest BCUT2D eigenvalue weighted by Crippen LogP contribution is -2.12. The molecule has 1 aromatic heterocycles. The molecule has 6 heteroatoms. The van der Waals surface area contributed by atoms with Gasteiger partial charge in [-0.25, -0.2) is 4.98 Å². The van der Waals surface area contributed by atoms with Gasteiger partial charge in [0.15, 0.2) is 11.5 Å². The number of fused-ring (bicyclic) bond motifs is 1. The normalized spacial score (nSPS) is 10.6. The summed E-state index contributed by atoms with van der Waals surface area (Å²) in [6, 6.07) is 13.1. The largest absolute Gasteiger partial charge is 0.493 e. The predicted molar refractivity (Wildman–Crippen MR) is 92.6 cm³/mol. The minimum absolute atomic E-state index is 0.0809. The fourth-order valence-electron chi connectivity index (χ4n) is 2.49. The van der Waals surface area contributed by atoms with Crippen molar-refractivity contribution in [3.63, 3.8) is 0 Å². The molecular formula is C18H19N3O3. The number of imidazole rings is 1. The van der Waals surface area contributed by atoms with Gasteiger partial charge in [-0.2, -0.15) is 0 Å². The highest BCUT2D eigenvalue weighted by Gasteiger charge is 2.09. The summed E-state index contributed by atoms with van der Waals surface area (Å²) in [6.07, 6.45) is 0.891. The predicted octanol–water partition coefficient (Wildman–Crippen LogP) is 3.15. The number of methoxy groups -OCH3 is 2. The van der Waals surface area contributed by atoms with Gasteiger partial charge in [-0.3, -0.25) is 4.79 Å². The Morgan fingerprint density at radius 3 is 2.67 bits per heavy atom. The summed E-state index contributed by atoms with van der Waals surface area (Å²) in [5, 5.41) is 2.86. The second kappa shape index (κ2) is 7.04. The van der Waals surface area contributed by atoms with Crippen LogP contribution in [0.15, 0.2) is 42.5 Å². The lowest BCUT2D eigenvalue weighted by atomic mass is 10.2. The van der Waals surface area contributed by atoms with Crippen LogP contribution in [-0.2, 0) is 11.2 Å². The van der Waals surface area contributed by atoms with Gasteiger partial charge in [0, 0.05) is 24.6 Å². The van der Waals surface area contributed by atoms with Crippen LogP contribution < -0.4 is 14.8 Å². The van der Waals surface area contributed by atoms with Crippen LogP contribution in [0.2, 0.25) is 0 Å². The molecule has 3 rings (SSSR count). The van der Waals surface area contributed by atoms with Crippen molar-refractivity contribution in [3.05, 3.63) is 48.3 Å². The molecule has 2 N–H and O–H groups in total. The lowest BCUT2D eigenvalue weighted by Gasteiger charge is -2.10. The van der Waals surface area contributed by atoms with Crippen molar-refractivity contribution in [2.45, 2.75) is 12.8 Å². The van der Waals surface area contributed by atoms with Gasteiger partial charge in [-0.1, -0.05) is 12.1 Å². The number of benzene rings is 2. The maximum absolute atomic E-state index is 12.1. The van der Waals surface area contributed by atoms with E-state index < -0.39 is 0 Å². The first-order valence-electron chi connectivity index (χ1n) is 7.65. The van der Waals surface area contributed by atoms with Crippen LogP contribution in [0, 0.1) is 0 Å². The van der Waals surface area contributed by atoms with Gasteiger partial charge >= 0.3 is 0 Å². The van der Waals surface area contributed by atoms with E-state index in [0.29, 0.717) is 30.0 Å². The number of nitrogens with zero attached hydrogens (tertiary/aromatic N) is 1. The fourth-order valence-corrected chi connectivity index (χ4v) is 2.49. The molecular weight excluding hydrogens is 306 g/mol. The van der Waals surface area contributed by atoms with Gasteiger partial charge < -0.3 is 19.8 Å². The molecule has 0 aliphatic rings. The number of ether oxygens (including phenoxy) is 2. The number of carbonyl (C=O) groups is 1. The molecule has 3 aromatic rings. The molecule has 0 unspecified atom stereocenters. The van der Waals surface area contributed by atoms with Crippen LogP contribution >= 0.6 is 0 Å².